The first kappa shape index (κ1) is 20.8. The minimum Gasteiger partial charge on any atom is -0.465 e. The number of methoxy groups -OCH3 is 1. The molecule has 0 aliphatic rings. The fourth-order valence-corrected chi connectivity index (χ4v) is 4.20. The van der Waals surface area contributed by atoms with E-state index in [0.717, 1.165) is 11.8 Å². The summed E-state index contributed by atoms with van der Waals surface area (Å²) >= 11 is 0.991. The molecule has 0 aliphatic carbocycles. The van der Waals surface area contributed by atoms with E-state index in [-0.39, 0.29) is 15.7 Å². The minimum absolute atomic E-state index is 0.0205. The summed E-state index contributed by atoms with van der Waals surface area (Å²) in [4.78, 5) is 25.5. The van der Waals surface area contributed by atoms with Crippen molar-refractivity contribution in [3.63, 3.8) is 0 Å². The van der Waals surface area contributed by atoms with E-state index in [9.17, 15) is 18.0 Å². The number of hydrogen-bond acceptors (Lipinski definition) is 6. The molecule has 0 saturated carbocycles. The van der Waals surface area contributed by atoms with E-state index in [0.29, 0.717) is 16.1 Å². The largest absolute Gasteiger partial charge is 0.465 e. The van der Waals surface area contributed by atoms with Gasteiger partial charge in [-0.05, 0) is 54.6 Å². The third-order valence-corrected chi connectivity index (χ3v) is 6.11. The standard InChI is InChI=1S/C18H20N2O5S2/c1-12-8-9-13(17(21)25-4)10-16(12)27(23,24)19-14-6-5-7-15(11-14)26-18(22)20(2)3/h5-11,19H,1-4H3. The first-order chi connectivity index (χ1) is 12.6. The lowest BCUT2D eigenvalue weighted by Crippen LogP contribution is -2.16. The van der Waals surface area contributed by atoms with Gasteiger partial charge in [0.05, 0.1) is 17.6 Å². The van der Waals surface area contributed by atoms with Crippen molar-refractivity contribution >= 4 is 38.7 Å². The molecule has 9 heteroatoms. The van der Waals surface area contributed by atoms with E-state index in [1.807, 2.05) is 0 Å². The maximum Gasteiger partial charge on any atom is 0.337 e. The Morgan fingerprint density at radius 3 is 2.44 bits per heavy atom. The average molecular weight is 409 g/mol. The molecule has 0 unspecified atom stereocenters. The van der Waals surface area contributed by atoms with Crippen LogP contribution in [0.5, 0.6) is 0 Å². The molecule has 0 atom stereocenters. The first-order valence-corrected chi connectivity index (χ1v) is 10.1. The van der Waals surface area contributed by atoms with Crippen LogP contribution < -0.4 is 4.72 Å². The third kappa shape index (κ3) is 5.24. The quantitative estimate of drug-likeness (QED) is 0.602. The van der Waals surface area contributed by atoms with Gasteiger partial charge in [-0.15, -0.1) is 0 Å². The van der Waals surface area contributed by atoms with Crippen molar-refractivity contribution < 1.29 is 22.7 Å². The lowest BCUT2D eigenvalue weighted by atomic mass is 10.1. The number of benzene rings is 2. The number of esters is 1. The Morgan fingerprint density at radius 1 is 1.11 bits per heavy atom. The molecule has 2 aromatic carbocycles. The Kier molecular flexibility index (Phi) is 6.50. The topological polar surface area (TPSA) is 92.8 Å². The average Bonchev–Trinajstić information content (AvgIpc) is 2.61. The molecular formula is C18H20N2O5S2. The van der Waals surface area contributed by atoms with E-state index in [2.05, 4.69) is 9.46 Å². The van der Waals surface area contributed by atoms with E-state index >= 15 is 0 Å². The Morgan fingerprint density at radius 2 is 1.81 bits per heavy atom. The zero-order chi connectivity index (χ0) is 20.2. The van der Waals surface area contributed by atoms with Gasteiger partial charge in [-0.2, -0.15) is 0 Å². The van der Waals surface area contributed by atoms with Gasteiger partial charge in [0.1, 0.15) is 0 Å². The fourth-order valence-electron chi connectivity index (χ4n) is 2.16. The van der Waals surface area contributed by atoms with Gasteiger partial charge in [0.2, 0.25) is 0 Å². The number of nitrogens with zero attached hydrogens (tertiary/aromatic N) is 1. The lowest BCUT2D eigenvalue weighted by molar-refractivity contribution is 0.0600. The van der Waals surface area contributed by atoms with Crippen LogP contribution in [0.25, 0.3) is 0 Å². The zero-order valence-corrected chi connectivity index (χ0v) is 17.0. The van der Waals surface area contributed by atoms with E-state index in [1.165, 1.54) is 24.1 Å². The van der Waals surface area contributed by atoms with E-state index in [1.54, 1.807) is 51.4 Å². The highest BCUT2D eigenvalue weighted by atomic mass is 32.2. The summed E-state index contributed by atoms with van der Waals surface area (Å²) in [7, 11) is 0.573. The van der Waals surface area contributed by atoms with Crippen molar-refractivity contribution in [2.45, 2.75) is 16.7 Å². The fraction of sp³-hybridized carbons (Fsp3) is 0.222. The summed E-state index contributed by atoms with van der Waals surface area (Å²) in [5.74, 6) is -0.618. The molecule has 0 heterocycles. The predicted molar refractivity (Wildman–Crippen MR) is 105 cm³/mol. The molecule has 0 spiro atoms. The zero-order valence-electron chi connectivity index (χ0n) is 15.3. The second kappa shape index (κ2) is 8.45. The highest BCUT2D eigenvalue weighted by Crippen LogP contribution is 2.26. The van der Waals surface area contributed by atoms with E-state index in [4.69, 9.17) is 0 Å². The number of nitrogens with one attached hydrogen (secondary N) is 1. The SMILES string of the molecule is COC(=O)c1ccc(C)c(S(=O)(=O)Nc2cccc(SC(=O)N(C)C)c2)c1. The summed E-state index contributed by atoms with van der Waals surface area (Å²) < 4.78 is 32.7. The molecule has 1 N–H and O–H groups in total. The monoisotopic (exact) mass is 408 g/mol. The number of thioether (sulfide) groups is 1. The molecule has 0 saturated heterocycles. The van der Waals surface area contributed by atoms with Crippen molar-refractivity contribution in [1.82, 2.24) is 4.90 Å². The van der Waals surface area contributed by atoms with Crippen LogP contribution in [0.3, 0.4) is 0 Å². The summed E-state index contributed by atoms with van der Waals surface area (Å²) in [6.45, 7) is 1.64. The molecule has 1 amide bonds. The van der Waals surface area contributed by atoms with Crippen LogP contribution >= 0.6 is 11.8 Å². The van der Waals surface area contributed by atoms with Crippen molar-refractivity contribution in [1.29, 1.82) is 0 Å². The van der Waals surface area contributed by atoms with Gasteiger partial charge in [0.15, 0.2) is 0 Å². The number of ether oxygens (including phenoxy) is 1. The van der Waals surface area contributed by atoms with Crippen LogP contribution in [0.2, 0.25) is 0 Å². The van der Waals surface area contributed by atoms with Gasteiger partial charge >= 0.3 is 5.97 Å². The maximum atomic E-state index is 12.8. The Hall–Kier alpha value is -2.52. The van der Waals surface area contributed by atoms with Crippen molar-refractivity contribution in [2.24, 2.45) is 0 Å². The van der Waals surface area contributed by atoms with Crippen LogP contribution in [0.4, 0.5) is 10.5 Å². The molecule has 0 fully saturated rings. The number of amides is 1. The minimum atomic E-state index is -3.93. The lowest BCUT2D eigenvalue weighted by Gasteiger charge is -2.13. The van der Waals surface area contributed by atoms with Crippen molar-refractivity contribution in [3.8, 4) is 0 Å². The van der Waals surface area contributed by atoms with E-state index < -0.39 is 16.0 Å². The number of aryl methyl sites for hydroxylation is 1. The second-order valence-corrected chi connectivity index (χ2v) is 8.54. The summed E-state index contributed by atoms with van der Waals surface area (Å²) in [5, 5.41) is -0.170. The number of carbonyl (C=O) groups is 2. The Labute approximate surface area is 162 Å². The summed E-state index contributed by atoms with van der Waals surface area (Å²) in [5.41, 5.74) is 0.947. The van der Waals surface area contributed by atoms with Crippen LogP contribution in [0.15, 0.2) is 52.3 Å². The molecule has 0 bridgehead atoms. The van der Waals surface area contributed by atoms with Gasteiger partial charge in [0.25, 0.3) is 15.3 Å². The summed E-state index contributed by atoms with van der Waals surface area (Å²) in [6.07, 6.45) is 0. The van der Waals surface area contributed by atoms with Crippen molar-refractivity contribution in [2.75, 3.05) is 25.9 Å². The molecule has 7 nitrogen and oxygen atoms in total. The number of anilines is 1. The molecule has 0 aliphatic heterocycles. The number of hydrogen-bond donors (Lipinski definition) is 1. The third-order valence-electron chi connectivity index (χ3n) is 3.56. The molecular weight excluding hydrogens is 388 g/mol. The highest BCUT2D eigenvalue weighted by Gasteiger charge is 2.20. The van der Waals surface area contributed by atoms with Gasteiger partial charge in [-0.25, -0.2) is 13.2 Å². The predicted octanol–water partition coefficient (Wildman–Crippen LogP) is 3.36. The van der Waals surface area contributed by atoms with Gasteiger partial charge < -0.3 is 9.64 Å². The molecule has 2 aromatic rings. The molecule has 0 aromatic heterocycles. The molecule has 27 heavy (non-hydrogen) atoms. The molecule has 2 rings (SSSR count). The second-order valence-electron chi connectivity index (χ2n) is 5.87. The van der Waals surface area contributed by atoms with Crippen LogP contribution in [-0.2, 0) is 14.8 Å². The molecule has 144 valence electrons. The first-order valence-electron chi connectivity index (χ1n) is 7.85. The van der Waals surface area contributed by atoms with Gasteiger partial charge in [-0.3, -0.25) is 9.52 Å². The normalized spacial score (nSPS) is 11.0. The Balaban J connectivity index is 2.32. The number of carbonyl (C=O) groups excluding carboxylic acids is 2. The van der Waals surface area contributed by atoms with Crippen molar-refractivity contribution in [3.05, 3.63) is 53.6 Å². The van der Waals surface area contributed by atoms with Gasteiger partial charge in [0, 0.05) is 24.7 Å². The maximum absolute atomic E-state index is 12.8. The number of sulfonamides is 1. The van der Waals surface area contributed by atoms with Crippen LogP contribution in [0, 0.1) is 6.92 Å². The smallest absolute Gasteiger partial charge is 0.337 e. The highest BCUT2D eigenvalue weighted by molar-refractivity contribution is 8.13. The van der Waals surface area contributed by atoms with Gasteiger partial charge in [-0.1, -0.05) is 12.1 Å². The summed E-state index contributed by atoms with van der Waals surface area (Å²) in [6, 6.07) is 10.9. The van der Waals surface area contributed by atoms with Crippen LogP contribution in [-0.4, -0.2) is 45.7 Å². The molecule has 0 radical (unpaired) electrons. The van der Waals surface area contributed by atoms with Crippen LogP contribution in [0.1, 0.15) is 15.9 Å². The number of rotatable bonds is 5. The Bertz CT molecular complexity index is 971.